The van der Waals surface area contributed by atoms with E-state index in [0.29, 0.717) is 0 Å². The topological polar surface area (TPSA) is 35.5 Å². The molecule has 0 bridgehead atoms. The van der Waals surface area contributed by atoms with Gasteiger partial charge < -0.3 is 9.47 Å². The van der Waals surface area contributed by atoms with E-state index in [-0.39, 0.29) is 11.3 Å². The fourth-order valence-electron chi connectivity index (χ4n) is 1.17. The van der Waals surface area contributed by atoms with E-state index in [1.54, 1.807) is 0 Å². The molecule has 1 aromatic rings. The molecule has 0 unspecified atom stereocenters. The van der Waals surface area contributed by atoms with E-state index in [2.05, 4.69) is 9.47 Å². The van der Waals surface area contributed by atoms with Crippen molar-refractivity contribution in [3.05, 3.63) is 29.1 Å². The summed E-state index contributed by atoms with van der Waals surface area (Å²) in [6, 6.07) is 1.95. The Morgan fingerprint density at radius 2 is 2.00 bits per heavy atom. The number of ether oxygens (including phenoxy) is 2. The SMILES string of the molecule is COC(=O)c1cc(OC(F)F)cc(C)c1F. The van der Waals surface area contributed by atoms with Crippen molar-refractivity contribution < 1.29 is 27.4 Å². The monoisotopic (exact) mass is 234 g/mol. The number of rotatable bonds is 3. The summed E-state index contributed by atoms with van der Waals surface area (Å²) in [4.78, 5) is 11.1. The number of esters is 1. The van der Waals surface area contributed by atoms with Gasteiger partial charge in [-0.2, -0.15) is 8.78 Å². The van der Waals surface area contributed by atoms with Crippen LogP contribution in [0.3, 0.4) is 0 Å². The predicted molar refractivity (Wildman–Crippen MR) is 49.1 cm³/mol. The molecule has 0 saturated carbocycles. The maximum absolute atomic E-state index is 13.4. The molecule has 0 radical (unpaired) electrons. The highest BCUT2D eigenvalue weighted by molar-refractivity contribution is 5.90. The van der Waals surface area contributed by atoms with Gasteiger partial charge in [0.05, 0.1) is 12.7 Å². The van der Waals surface area contributed by atoms with Crippen LogP contribution >= 0.6 is 0 Å². The lowest BCUT2D eigenvalue weighted by Gasteiger charge is -2.09. The standard InChI is InChI=1S/C10H9F3O3/c1-5-3-6(16-10(12)13)4-7(8(5)11)9(14)15-2/h3-4,10H,1-2H3. The van der Waals surface area contributed by atoms with Crippen LogP contribution in [0.15, 0.2) is 12.1 Å². The maximum atomic E-state index is 13.4. The van der Waals surface area contributed by atoms with Gasteiger partial charge in [0.1, 0.15) is 11.6 Å². The zero-order valence-corrected chi connectivity index (χ0v) is 8.59. The zero-order valence-electron chi connectivity index (χ0n) is 8.59. The molecule has 1 aromatic carbocycles. The summed E-state index contributed by atoms with van der Waals surface area (Å²) < 4.78 is 45.7. The van der Waals surface area contributed by atoms with Crippen molar-refractivity contribution >= 4 is 5.97 Å². The van der Waals surface area contributed by atoms with Crippen LogP contribution in [0.5, 0.6) is 5.75 Å². The molecule has 16 heavy (non-hydrogen) atoms. The van der Waals surface area contributed by atoms with E-state index >= 15 is 0 Å². The van der Waals surface area contributed by atoms with Gasteiger partial charge >= 0.3 is 12.6 Å². The fraction of sp³-hybridized carbons (Fsp3) is 0.300. The molecule has 1 rings (SSSR count). The third kappa shape index (κ3) is 2.65. The van der Waals surface area contributed by atoms with Gasteiger partial charge in [0.15, 0.2) is 0 Å². The Hall–Kier alpha value is -1.72. The molecular formula is C10H9F3O3. The van der Waals surface area contributed by atoms with E-state index in [1.165, 1.54) is 6.92 Å². The van der Waals surface area contributed by atoms with Gasteiger partial charge in [-0.3, -0.25) is 0 Å². The van der Waals surface area contributed by atoms with Crippen molar-refractivity contribution in [3.63, 3.8) is 0 Å². The quantitative estimate of drug-likeness (QED) is 0.754. The summed E-state index contributed by atoms with van der Waals surface area (Å²) in [6.45, 7) is -1.70. The number of carbonyl (C=O) groups is 1. The average Bonchev–Trinajstić information content (AvgIpc) is 2.21. The number of methoxy groups -OCH3 is 1. The van der Waals surface area contributed by atoms with E-state index in [0.717, 1.165) is 19.2 Å². The molecule has 0 aliphatic rings. The van der Waals surface area contributed by atoms with E-state index in [4.69, 9.17) is 0 Å². The normalized spacial score (nSPS) is 10.4. The molecule has 0 spiro atoms. The minimum atomic E-state index is -3.03. The van der Waals surface area contributed by atoms with Crippen molar-refractivity contribution in [2.75, 3.05) is 7.11 Å². The average molecular weight is 234 g/mol. The summed E-state index contributed by atoms with van der Waals surface area (Å²) >= 11 is 0. The minimum absolute atomic E-state index is 0.0264. The predicted octanol–water partition coefficient (Wildman–Crippen LogP) is 2.52. The van der Waals surface area contributed by atoms with E-state index in [9.17, 15) is 18.0 Å². The lowest BCUT2D eigenvalue weighted by Crippen LogP contribution is -2.08. The molecule has 0 aromatic heterocycles. The van der Waals surface area contributed by atoms with Crippen LogP contribution in [0.2, 0.25) is 0 Å². The molecule has 0 aliphatic heterocycles. The molecule has 0 heterocycles. The first kappa shape index (κ1) is 12.4. The summed E-state index contributed by atoms with van der Waals surface area (Å²) in [5.74, 6) is -2.04. The van der Waals surface area contributed by atoms with Gasteiger partial charge in [-0.25, -0.2) is 9.18 Å². The van der Waals surface area contributed by atoms with Gasteiger partial charge in [-0.05, 0) is 24.6 Å². The van der Waals surface area contributed by atoms with Crippen molar-refractivity contribution in [3.8, 4) is 5.75 Å². The van der Waals surface area contributed by atoms with Crippen LogP contribution in [-0.2, 0) is 4.74 Å². The fourth-order valence-corrected chi connectivity index (χ4v) is 1.17. The Morgan fingerprint density at radius 3 is 2.50 bits per heavy atom. The minimum Gasteiger partial charge on any atom is -0.465 e. The number of halogens is 3. The van der Waals surface area contributed by atoms with Gasteiger partial charge in [0.2, 0.25) is 0 Å². The number of alkyl halides is 2. The van der Waals surface area contributed by atoms with Gasteiger partial charge in [-0.15, -0.1) is 0 Å². The molecule has 0 fully saturated rings. The number of hydrogen-bond donors (Lipinski definition) is 0. The van der Waals surface area contributed by atoms with Crippen LogP contribution in [-0.4, -0.2) is 19.7 Å². The van der Waals surface area contributed by atoms with Crippen molar-refractivity contribution in [2.45, 2.75) is 13.5 Å². The van der Waals surface area contributed by atoms with Crippen molar-refractivity contribution in [2.24, 2.45) is 0 Å². The lowest BCUT2D eigenvalue weighted by atomic mass is 10.1. The Kier molecular flexibility index (Phi) is 3.76. The zero-order chi connectivity index (χ0) is 12.3. The van der Waals surface area contributed by atoms with Crippen LogP contribution in [0.1, 0.15) is 15.9 Å². The smallest absolute Gasteiger partial charge is 0.387 e. The first-order valence-electron chi connectivity index (χ1n) is 4.29. The molecule has 0 amide bonds. The summed E-state index contributed by atoms with van der Waals surface area (Å²) in [7, 11) is 1.07. The van der Waals surface area contributed by atoms with Crippen LogP contribution in [0, 0.1) is 12.7 Å². The second-order valence-corrected chi connectivity index (χ2v) is 2.97. The third-order valence-electron chi connectivity index (χ3n) is 1.86. The number of hydrogen-bond acceptors (Lipinski definition) is 3. The van der Waals surface area contributed by atoms with Crippen LogP contribution < -0.4 is 4.74 Å². The van der Waals surface area contributed by atoms with Crippen molar-refractivity contribution in [1.82, 2.24) is 0 Å². The summed E-state index contributed by atoms with van der Waals surface area (Å²) in [6.07, 6.45) is 0. The summed E-state index contributed by atoms with van der Waals surface area (Å²) in [5.41, 5.74) is -0.406. The highest BCUT2D eigenvalue weighted by Gasteiger charge is 2.17. The van der Waals surface area contributed by atoms with Crippen LogP contribution in [0.25, 0.3) is 0 Å². The van der Waals surface area contributed by atoms with Gasteiger partial charge in [0, 0.05) is 0 Å². The highest BCUT2D eigenvalue weighted by atomic mass is 19.3. The molecular weight excluding hydrogens is 225 g/mol. The second kappa shape index (κ2) is 4.87. The van der Waals surface area contributed by atoms with E-state index in [1.807, 2.05) is 0 Å². The first-order valence-corrected chi connectivity index (χ1v) is 4.29. The molecule has 88 valence electrons. The van der Waals surface area contributed by atoms with Crippen molar-refractivity contribution in [1.29, 1.82) is 0 Å². The molecule has 6 heteroatoms. The Balaban J connectivity index is 3.16. The number of benzene rings is 1. The molecule has 0 aliphatic carbocycles. The number of aryl methyl sites for hydroxylation is 1. The molecule has 0 saturated heterocycles. The molecule has 0 N–H and O–H groups in total. The largest absolute Gasteiger partial charge is 0.465 e. The third-order valence-corrected chi connectivity index (χ3v) is 1.86. The van der Waals surface area contributed by atoms with E-state index < -0.39 is 24.0 Å². The first-order chi connectivity index (χ1) is 7.45. The molecule has 0 atom stereocenters. The Bertz CT molecular complexity index is 405. The van der Waals surface area contributed by atoms with Gasteiger partial charge in [-0.1, -0.05) is 0 Å². The maximum Gasteiger partial charge on any atom is 0.387 e. The Morgan fingerprint density at radius 1 is 1.38 bits per heavy atom. The second-order valence-electron chi connectivity index (χ2n) is 2.97. The Labute approximate surface area is 89.8 Å². The summed E-state index contributed by atoms with van der Waals surface area (Å²) in [5, 5.41) is 0. The molecule has 3 nitrogen and oxygen atoms in total. The number of carbonyl (C=O) groups excluding carboxylic acids is 1. The lowest BCUT2D eigenvalue weighted by molar-refractivity contribution is -0.0500. The van der Waals surface area contributed by atoms with Gasteiger partial charge in [0.25, 0.3) is 0 Å². The highest BCUT2D eigenvalue weighted by Crippen LogP contribution is 2.23. The van der Waals surface area contributed by atoms with Crippen LogP contribution in [0.4, 0.5) is 13.2 Å².